The summed E-state index contributed by atoms with van der Waals surface area (Å²) in [5.41, 5.74) is 0.540. The Balaban J connectivity index is 1.49. The molecule has 1 saturated heterocycles. The van der Waals surface area contributed by atoms with Gasteiger partial charge < -0.3 is 10.1 Å². The second-order valence-corrected chi connectivity index (χ2v) is 10.6. The molecule has 1 aliphatic rings. The largest absolute Gasteiger partial charge is 0.466 e. The number of piperidine rings is 1. The van der Waals surface area contributed by atoms with Crippen molar-refractivity contribution in [1.29, 1.82) is 0 Å². The van der Waals surface area contributed by atoms with Crippen LogP contribution in [0.25, 0.3) is 0 Å². The number of hydrogen-bond acceptors (Lipinski definition) is 9. The van der Waals surface area contributed by atoms with Gasteiger partial charge in [0.25, 0.3) is 0 Å². The lowest BCUT2D eigenvalue weighted by atomic mass is 10.2. The lowest BCUT2D eigenvalue weighted by molar-refractivity contribution is -0.142. The molecule has 0 radical (unpaired) electrons. The van der Waals surface area contributed by atoms with Gasteiger partial charge in [0.05, 0.1) is 29.5 Å². The van der Waals surface area contributed by atoms with Crippen LogP contribution in [0.5, 0.6) is 0 Å². The zero-order valence-corrected chi connectivity index (χ0v) is 19.5. The number of anilines is 1. The summed E-state index contributed by atoms with van der Waals surface area (Å²) in [5, 5.41) is 5.33. The van der Waals surface area contributed by atoms with Crippen LogP contribution < -0.4 is 5.32 Å². The first-order valence-corrected chi connectivity index (χ1v) is 13.2. The molecule has 0 bridgehead atoms. The fourth-order valence-electron chi connectivity index (χ4n) is 2.96. The standard InChI is InChI=1S/C19H24N4O5S3/c1-2-28-18(25)10-14-12-30-19(21-14)22-16(24)13-29-17-7-6-15(11-20-17)31(26,27)23-8-4-3-5-9-23/h6-7,11-12H,2-5,8-10,13H2,1H3,(H,21,22,24). The lowest BCUT2D eigenvalue weighted by Gasteiger charge is -2.25. The van der Waals surface area contributed by atoms with E-state index < -0.39 is 10.0 Å². The van der Waals surface area contributed by atoms with E-state index in [-0.39, 0.29) is 28.9 Å². The number of hydrogen-bond donors (Lipinski definition) is 1. The van der Waals surface area contributed by atoms with Gasteiger partial charge in [-0.25, -0.2) is 18.4 Å². The fourth-order valence-corrected chi connectivity index (χ4v) is 5.79. The third-order valence-electron chi connectivity index (χ3n) is 4.44. The molecule has 3 rings (SSSR count). The van der Waals surface area contributed by atoms with Crippen LogP contribution in [-0.2, 0) is 30.8 Å². The average Bonchev–Trinajstić information content (AvgIpc) is 3.19. The molecule has 2 aromatic heterocycles. The Morgan fingerprint density at radius 2 is 2.03 bits per heavy atom. The number of rotatable bonds is 9. The van der Waals surface area contributed by atoms with Crippen molar-refractivity contribution < 1.29 is 22.7 Å². The summed E-state index contributed by atoms with van der Waals surface area (Å²) in [6, 6.07) is 3.13. The van der Waals surface area contributed by atoms with Gasteiger partial charge in [0.15, 0.2) is 5.13 Å². The van der Waals surface area contributed by atoms with Gasteiger partial charge in [-0.2, -0.15) is 4.31 Å². The van der Waals surface area contributed by atoms with Crippen molar-refractivity contribution in [3.63, 3.8) is 0 Å². The number of nitrogens with one attached hydrogen (secondary N) is 1. The van der Waals surface area contributed by atoms with E-state index in [1.807, 2.05) is 0 Å². The van der Waals surface area contributed by atoms with Crippen LogP contribution in [0.1, 0.15) is 31.9 Å². The minimum Gasteiger partial charge on any atom is -0.466 e. The van der Waals surface area contributed by atoms with Crippen LogP contribution >= 0.6 is 23.1 Å². The highest BCUT2D eigenvalue weighted by molar-refractivity contribution is 7.99. The van der Waals surface area contributed by atoms with Crippen LogP contribution in [0, 0.1) is 0 Å². The van der Waals surface area contributed by atoms with Gasteiger partial charge in [0, 0.05) is 24.7 Å². The Morgan fingerprint density at radius 1 is 1.26 bits per heavy atom. The minimum atomic E-state index is -3.52. The smallest absolute Gasteiger partial charge is 0.311 e. The molecule has 12 heteroatoms. The first-order valence-electron chi connectivity index (χ1n) is 9.87. The number of thioether (sulfide) groups is 1. The third-order valence-corrected chi connectivity index (χ3v) is 8.07. The molecule has 0 atom stereocenters. The molecule has 2 aromatic rings. The van der Waals surface area contributed by atoms with Crippen LogP contribution in [-0.4, -0.2) is 60.0 Å². The molecule has 0 unspecified atom stereocenters. The number of sulfonamides is 1. The van der Waals surface area contributed by atoms with Gasteiger partial charge in [0.1, 0.15) is 4.90 Å². The number of esters is 1. The van der Waals surface area contributed by atoms with E-state index in [2.05, 4.69) is 15.3 Å². The van der Waals surface area contributed by atoms with Gasteiger partial charge in [0.2, 0.25) is 15.9 Å². The number of nitrogens with zero attached hydrogens (tertiary/aromatic N) is 3. The molecule has 3 heterocycles. The first kappa shape index (κ1) is 23.6. The van der Waals surface area contributed by atoms with E-state index in [9.17, 15) is 18.0 Å². The number of ether oxygens (including phenoxy) is 1. The number of aromatic nitrogens is 2. The Hall–Kier alpha value is -2.02. The van der Waals surface area contributed by atoms with Crippen molar-refractivity contribution in [1.82, 2.24) is 14.3 Å². The average molecular weight is 485 g/mol. The highest BCUT2D eigenvalue weighted by Gasteiger charge is 2.26. The molecule has 31 heavy (non-hydrogen) atoms. The highest BCUT2D eigenvalue weighted by atomic mass is 32.2. The highest BCUT2D eigenvalue weighted by Crippen LogP contribution is 2.23. The number of thiazole rings is 1. The summed E-state index contributed by atoms with van der Waals surface area (Å²) in [6.07, 6.45) is 4.20. The van der Waals surface area contributed by atoms with Crippen LogP contribution in [0.4, 0.5) is 5.13 Å². The second kappa shape index (κ2) is 11.0. The van der Waals surface area contributed by atoms with Crippen molar-refractivity contribution in [2.45, 2.75) is 42.5 Å². The molecule has 0 aliphatic carbocycles. The summed E-state index contributed by atoms with van der Waals surface area (Å²) < 4.78 is 31.7. The van der Waals surface area contributed by atoms with Gasteiger partial charge in [-0.3, -0.25) is 9.59 Å². The summed E-state index contributed by atoms with van der Waals surface area (Å²) in [5.74, 6) is -0.537. The monoisotopic (exact) mass is 484 g/mol. The van der Waals surface area contributed by atoms with Crippen molar-refractivity contribution in [2.75, 3.05) is 30.8 Å². The molecule has 1 fully saturated rings. The lowest BCUT2D eigenvalue weighted by Crippen LogP contribution is -2.35. The van der Waals surface area contributed by atoms with E-state index in [0.29, 0.717) is 35.5 Å². The van der Waals surface area contributed by atoms with Crippen molar-refractivity contribution in [2.24, 2.45) is 0 Å². The zero-order valence-electron chi connectivity index (χ0n) is 17.1. The topological polar surface area (TPSA) is 119 Å². The molecule has 0 spiro atoms. The molecule has 0 aromatic carbocycles. The minimum absolute atomic E-state index is 0.0611. The van der Waals surface area contributed by atoms with Crippen LogP contribution in [0.2, 0.25) is 0 Å². The number of carbonyl (C=O) groups is 2. The fraction of sp³-hybridized carbons (Fsp3) is 0.474. The van der Waals surface area contributed by atoms with Gasteiger partial charge in [-0.1, -0.05) is 18.2 Å². The maximum absolute atomic E-state index is 12.7. The summed E-state index contributed by atoms with van der Waals surface area (Å²) in [4.78, 5) is 32.2. The van der Waals surface area contributed by atoms with E-state index >= 15 is 0 Å². The van der Waals surface area contributed by atoms with E-state index in [1.54, 1.807) is 18.4 Å². The summed E-state index contributed by atoms with van der Waals surface area (Å²) >= 11 is 2.43. The van der Waals surface area contributed by atoms with Gasteiger partial charge >= 0.3 is 5.97 Å². The SMILES string of the molecule is CCOC(=O)Cc1csc(NC(=O)CSc2ccc(S(=O)(=O)N3CCCCC3)cn2)n1. The maximum Gasteiger partial charge on any atom is 0.311 e. The maximum atomic E-state index is 12.7. The number of pyridine rings is 1. The third kappa shape index (κ3) is 6.73. The normalized spacial score (nSPS) is 14.9. The molecule has 0 saturated carbocycles. The van der Waals surface area contributed by atoms with Gasteiger partial charge in [-0.05, 0) is 31.9 Å². The van der Waals surface area contributed by atoms with E-state index in [0.717, 1.165) is 19.3 Å². The molecular weight excluding hydrogens is 460 g/mol. The molecule has 1 amide bonds. The summed E-state index contributed by atoms with van der Waals surface area (Å²) in [6.45, 7) is 3.12. The predicted octanol–water partition coefficient (Wildman–Crippen LogP) is 2.55. The second-order valence-electron chi connectivity index (χ2n) is 6.76. The summed E-state index contributed by atoms with van der Waals surface area (Å²) in [7, 11) is -3.52. The molecule has 168 valence electrons. The Morgan fingerprint density at radius 3 is 2.71 bits per heavy atom. The molecule has 1 N–H and O–H groups in total. The zero-order chi connectivity index (χ0) is 22.3. The number of carbonyl (C=O) groups excluding carboxylic acids is 2. The molecule has 1 aliphatic heterocycles. The van der Waals surface area contributed by atoms with E-state index in [1.165, 1.54) is 39.7 Å². The Kier molecular flexibility index (Phi) is 8.41. The van der Waals surface area contributed by atoms with Crippen LogP contribution in [0.15, 0.2) is 33.6 Å². The molecular formula is C19H24N4O5S3. The van der Waals surface area contributed by atoms with Crippen molar-refractivity contribution in [3.05, 3.63) is 29.4 Å². The predicted molar refractivity (Wildman–Crippen MR) is 119 cm³/mol. The van der Waals surface area contributed by atoms with Crippen LogP contribution in [0.3, 0.4) is 0 Å². The van der Waals surface area contributed by atoms with Crippen molar-refractivity contribution in [3.8, 4) is 0 Å². The quantitative estimate of drug-likeness (QED) is 0.426. The Labute approximate surface area is 189 Å². The van der Waals surface area contributed by atoms with Gasteiger partial charge in [-0.15, -0.1) is 11.3 Å². The Bertz CT molecular complexity index is 1000. The first-order chi connectivity index (χ1) is 14.9. The molecule has 9 nitrogen and oxygen atoms in total. The van der Waals surface area contributed by atoms with Crippen molar-refractivity contribution >= 4 is 50.1 Å². The number of amides is 1. The van der Waals surface area contributed by atoms with E-state index in [4.69, 9.17) is 4.74 Å².